The molecule has 1 amide bonds. The number of rotatable bonds is 6. The van der Waals surface area contributed by atoms with E-state index in [0.717, 1.165) is 0 Å². The number of hydrogen-bond donors (Lipinski definition) is 3. The summed E-state index contributed by atoms with van der Waals surface area (Å²) in [6.45, 7) is 8.95. The van der Waals surface area contributed by atoms with E-state index >= 15 is 0 Å². The number of amides is 1. The molecule has 0 heterocycles. The number of nitrogens with one attached hydrogen (secondary N) is 1. The van der Waals surface area contributed by atoms with E-state index in [1.165, 1.54) is 0 Å². The first-order chi connectivity index (χ1) is 8.56. The first kappa shape index (κ1) is 17.7. The lowest BCUT2D eigenvalue weighted by Gasteiger charge is -2.29. The molecule has 0 saturated heterocycles. The second kappa shape index (κ2) is 7.33. The molecule has 0 unspecified atom stereocenters. The van der Waals surface area contributed by atoms with E-state index in [4.69, 9.17) is 9.84 Å². The topological polar surface area (TPSA) is 95.9 Å². The summed E-state index contributed by atoms with van der Waals surface area (Å²) >= 11 is 0. The maximum Gasteiger partial charge on any atom is 0.407 e. The predicted octanol–water partition coefficient (Wildman–Crippen LogP) is 1.76. The van der Waals surface area contributed by atoms with Crippen molar-refractivity contribution in [3.8, 4) is 0 Å². The van der Waals surface area contributed by atoms with Gasteiger partial charge in [0.15, 0.2) is 0 Å². The Balaban J connectivity index is 4.68. The Kier molecular flexibility index (Phi) is 6.83. The highest BCUT2D eigenvalue weighted by Crippen LogP contribution is 2.15. The zero-order valence-electron chi connectivity index (χ0n) is 12.3. The fourth-order valence-corrected chi connectivity index (χ4v) is 1.62. The minimum Gasteiger partial charge on any atom is -0.481 e. The molecule has 0 spiro atoms. The van der Waals surface area contributed by atoms with E-state index in [1.807, 2.05) is 13.8 Å². The van der Waals surface area contributed by atoms with Crippen LogP contribution in [0.4, 0.5) is 4.79 Å². The van der Waals surface area contributed by atoms with Crippen molar-refractivity contribution < 1.29 is 24.5 Å². The van der Waals surface area contributed by atoms with Gasteiger partial charge in [-0.05, 0) is 26.7 Å². The molecule has 0 aliphatic heterocycles. The lowest BCUT2D eigenvalue weighted by atomic mass is 9.93. The molecule has 0 rings (SSSR count). The highest BCUT2D eigenvalue weighted by Gasteiger charge is 2.29. The predicted molar refractivity (Wildman–Crippen MR) is 70.9 cm³/mol. The molecule has 3 atom stereocenters. The number of aliphatic hydroxyl groups is 1. The molecule has 0 bridgehead atoms. The lowest BCUT2D eigenvalue weighted by molar-refractivity contribution is -0.139. The van der Waals surface area contributed by atoms with E-state index in [2.05, 4.69) is 5.32 Å². The van der Waals surface area contributed by atoms with Crippen molar-refractivity contribution in [2.24, 2.45) is 5.92 Å². The summed E-state index contributed by atoms with van der Waals surface area (Å²) in [4.78, 5) is 22.3. The normalized spacial score (nSPS) is 16.3. The standard InChI is InChI=1S/C13H25NO5/c1-6-8(2)11(9(15)7-10(16)17)14-12(18)19-13(3,4)5/h8-9,11,15H,6-7H2,1-5H3,(H,14,18)(H,16,17)/t8-,9+,11-/m1/s1. The monoisotopic (exact) mass is 275 g/mol. The van der Waals surface area contributed by atoms with Gasteiger partial charge in [-0.2, -0.15) is 0 Å². The average Bonchev–Trinajstić information content (AvgIpc) is 2.21. The smallest absolute Gasteiger partial charge is 0.407 e. The van der Waals surface area contributed by atoms with Crippen LogP contribution in [-0.4, -0.2) is 40.0 Å². The highest BCUT2D eigenvalue weighted by atomic mass is 16.6. The number of hydrogen-bond acceptors (Lipinski definition) is 4. The summed E-state index contributed by atoms with van der Waals surface area (Å²) in [6.07, 6.45) is -1.50. The molecule has 6 heteroatoms. The zero-order chi connectivity index (χ0) is 15.2. The molecule has 112 valence electrons. The summed E-state index contributed by atoms with van der Waals surface area (Å²) < 4.78 is 5.11. The quantitative estimate of drug-likeness (QED) is 0.686. The molecule has 0 radical (unpaired) electrons. The van der Waals surface area contributed by atoms with Gasteiger partial charge in [0.1, 0.15) is 5.60 Å². The van der Waals surface area contributed by atoms with E-state index in [-0.39, 0.29) is 5.92 Å². The molecule has 0 saturated carbocycles. The third-order valence-electron chi connectivity index (χ3n) is 2.74. The minimum atomic E-state index is -1.14. The van der Waals surface area contributed by atoms with Crippen molar-refractivity contribution >= 4 is 12.1 Å². The van der Waals surface area contributed by atoms with Gasteiger partial charge in [-0.15, -0.1) is 0 Å². The van der Waals surface area contributed by atoms with Gasteiger partial charge in [-0.3, -0.25) is 4.79 Å². The van der Waals surface area contributed by atoms with Crippen LogP contribution in [0.25, 0.3) is 0 Å². The van der Waals surface area contributed by atoms with Gasteiger partial charge >= 0.3 is 12.1 Å². The van der Waals surface area contributed by atoms with E-state index in [0.29, 0.717) is 6.42 Å². The van der Waals surface area contributed by atoms with Crippen molar-refractivity contribution in [2.45, 2.75) is 65.2 Å². The van der Waals surface area contributed by atoms with Crippen molar-refractivity contribution in [2.75, 3.05) is 0 Å². The molecule has 0 aliphatic rings. The van der Waals surface area contributed by atoms with Crippen LogP contribution >= 0.6 is 0 Å². The first-order valence-electron chi connectivity index (χ1n) is 6.46. The maximum absolute atomic E-state index is 11.7. The summed E-state index contributed by atoms with van der Waals surface area (Å²) in [6, 6.07) is -0.643. The molecular weight excluding hydrogens is 250 g/mol. The van der Waals surface area contributed by atoms with Gasteiger partial charge in [0, 0.05) is 0 Å². The van der Waals surface area contributed by atoms with Crippen LogP contribution in [0.2, 0.25) is 0 Å². The van der Waals surface area contributed by atoms with Gasteiger partial charge in [0.05, 0.1) is 18.6 Å². The number of carbonyl (C=O) groups excluding carboxylic acids is 1. The highest BCUT2D eigenvalue weighted by molar-refractivity contribution is 5.69. The zero-order valence-corrected chi connectivity index (χ0v) is 12.3. The van der Waals surface area contributed by atoms with Crippen LogP contribution in [0.1, 0.15) is 47.5 Å². The van der Waals surface area contributed by atoms with E-state index < -0.39 is 36.2 Å². The van der Waals surface area contributed by atoms with Crippen molar-refractivity contribution in [3.63, 3.8) is 0 Å². The summed E-state index contributed by atoms with van der Waals surface area (Å²) in [5, 5.41) is 21.1. The number of aliphatic hydroxyl groups excluding tert-OH is 1. The van der Waals surface area contributed by atoms with Crippen LogP contribution < -0.4 is 5.32 Å². The molecule has 0 aromatic rings. The van der Waals surface area contributed by atoms with Crippen LogP contribution in [0, 0.1) is 5.92 Å². The van der Waals surface area contributed by atoms with Crippen molar-refractivity contribution in [1.82, 2.24) is 5.32 Å². The fraction of sp³-hybridized carbons (Fsp3) is 0.846. The Labute approximate surface area is 114 Å². The molecule has 0 aliphatic carbocycles. The molecule has 3 N–H and O–H groups in total. The summed E-state index contributed by atoms with van der Waals surface area (Å²) in [7, 11) is 0. The third-order valence-corrected chi connectivity index (χ3v) is 2.74. The van der Waals surface area contributed by atoms with Crippen LogP contribution in [0.3, 0.4) is 0 Å². The van der Waals surface area contributed by atoms with Gasteiger partial charge < -0.3 is 20.3 Å². The number of carboxylic acid groups (broad SMARTS) is 1. The molecule has 0 fully saturated rings. The van der Waals surface area contributed by atoms with Gasteiger partial charge in [-0.25, -0.2) is 4.79 Å². The Morgan fingerprint density at radius 1 is 1.32 bits per heavy atom. The molecular formula is C13H25NO5. The molecule has 19 heavy (non-hydrogen) atoms. The number of carboxylic acids is 1. The third kappa shape index (κ3) is 7.66. The van der Waals surface area contributed by atoms with Crippen LogP contribution in [0.15, 0.2) is 0 Å². The Bertz CT molecular complexity index is 311. The largest absolute Gasteiger partial charge is 0.481 e. The van der Waals surface area contributed by atoms with Gasteiger partial charge in [0.25, 0.3) is 0 Å². The summed E-state index contributed by atoms with van der Waals surface area (Å²) in [5.74, 6) is -1.16. The molecule has 0 aromatic carbocycles. The van der Waals surface area contributed by atoms with Crippen molar-refractivity contribution in [3.05, 3.63) is 0 Å². The number of alkyl carbamates (subject to hydrolysis) is 1. The Hall–Kier alpha value is -1.30. The lowest BCUT2D eigenvalue weighted by Crippen LogP contribution is -2.49. The van der Waals surface area contributed by atoms with Crippen LogP contribution in [0.5, 0.6) is 0 Å². The molecule has 6 nitrogen and oxygen atoms in total. The minimum absolute atomic E-state index is 0.0538. The maximum atomic E-state index is 11.7. The summed E-state index contributed by atoms with van der Waals surface area (Å²) in [5.41, 5.74) is -0.637. The van der Waals surface area contributed by atoms with Crippen molar-refractivity contribution in [1.29, 1.82) is 0 Å². The van der Waals surface area contributed by atoms with Gasteiger partial charge in [0.2, 0.25) is 0 Å². The average molecular weight is 275 g/mol. The second-order valence-electron chi connectivity index (χ2n) is 5.72. The van der Waals surface area contributed by atoms with E-state index in [9.17, 15) is 14.7 Å². The number of carbonyl (C=O) groups is 2. The van der Waals surface area contributed by atoms with Gasteiger partial charge in [-0.1, -0.05) is 20.3 Å². The SMILES string of the molecule is CC[C@@H](C)[C@@H](NC(=O)OC(C)(C)C)[C@@H](O)CC(=O)O. The first-order valence-corrected chi connectivity index (χ1v) is 6.46. The number of aliphatic carboxylic acids is 1. The Morgan fingerprint density at radius 2 is 1.84 bits per heavy atom. The van der Waals surface area contributed by atoms with E-state index in [1.54, 1.807) is 20.8 Å². The number of ether oxygens (including phenoxy) is 1. The Morgan fingerprint density at radius 3 is 2.21 bits per heavy atom. The second-order valence-corrected chi connectivity index (χ2v) is 5.72. The fourth-order valence-electron chi connectivity index (χ4n) is 1.62. The molecule has 0 aromatic heterocycles. The van der Waals surface area contributed by atoms with Crippen LogP contribution in [-0.2, 0) is 9.53 Å².